The van der Waals surface area contributed by atoms with Gasteiger partial charge in [-0.1, -0.05) is 10.8 Å². The third-order valence-electron chi connectivity index (χ3n) is 5.64. The van der Waals surface area contributed by atoms with Crippen LogP contribution in [0.25, 0.3) is 22.0 Å². The van der Waals surface area contributed by atoms with E-state index in [0.717, 1.165) is 51.7 Å². The minimum absolute atomic E-state index is 0.203. The average molecular weight is 426 g/mol. The zero-order chi connectivity index (χ0) is 22.2. The minimum atomic E-state index is -0.203. The maximum Gasteiger partial charge on any atom is 0.249 e. The van der Waals surface area contributed by atoms with Gasteiger partial charge in [0.05, 0.1) is 17.4 Å². The van der Waals surface area contributed by atoms with Gasteiger partial charge in [-0.3, -0.25) is 9.78 Å². The van der Waals surface area contributed by atoms with Crippen LogP contribution in [-0.2, 0) is 4.79 Å². The average Bonchev–Trinajstić information content (AvgIpc) is 3.16. The lowest BCUT2D eigenvalue weighted by Crippen LogP contribution is -2.22. The van der Waals surface area contributed by atoms with E-state index >= 15 is 0 Å². The molecule has 4 aromatic rings. The fourth-order valence-corrected chi connectivity index (χ4v) is 3.85. The molecule has 0 radical (unpaired) electrons. The van der Waals surface area contributed by atoms with E-state index in [1.165, 1.54) is 0 Å². The van der Waals surface area contributed by atoms with Crippen LogP contribution in [0.5, 0.6) is 0 Å². The molecule has 4 aromatic heterocycles. The first-order valence-corrected chi connectivity index (χ1v) is 10.3. The Bertz CT molecular complexity index is 1370. The number of allylic oxidation sites excluding steroid dienone is 1. The quantitative estimate of drug-likeness (QED) is 0.479. The number of fused-ring (bicyclic) bond motifs is 1. The van der Waals surface area contributed by atoms with Crippen molar-refractivity contribution in [3.8, 4) is 11.3 Å². The van der Waals surface area contributed by atoms with Gasteiger partial charge in [-0.25, -0.2) is 14.6 Å². The van der Waals surface area contributed by atoms with E-state index in [-0.39, 0.29) is 11.9 Å². The molecule has 4 heterocycles. The number of aromatic nitrogens is 6. The van der Waals surface area contributed by atoms with Gasteiger partial charge in [-0.15, -0.1) is 5.10 Å². The topological polar surface area (TPSA) is 124 Å². The summed E-state index contributed by atoms with van der Waals surface area (Å²) in [6, 6.07) is 5.93. The Balaban J connectivity index is 1.33. The number of hydrogen-bond donors (Lipinski definition) is 2. The van der Waals surface area contributed by atoms with Crippen LogP contribution in [0.15, 0.2) is 54.6 Å². The predicted octanol–water partition coefficient (Wildman–Crippen LogP) is 3.38. The first kappa shape index (κ1) is 19.8. The summed E-state index contributed by atoms with van der Waals surface area (Å²) in [5, 5.41) is 12.5. The third kappa shape index (κ3) is 3.80. The molecule has 9 nitrogen and oxygen atoms in total. The Morgan fingerprint density at radius 2 is 2.09 bits per heavy atom. The van der Waals surface area contributed by atoms with E-state index in [9.17, 15) is 4.79 Å². The summed E-state index contributed by atoms with van der Waals surface area (Å²) in [5.74, 6) is 0.643. The van der Waals surface area contributed by atoms with Crippen molar-refractivity contribution in [1.82, 2.24) is 29.9 Å². The number of hydrogen-bond acceptors (Lipinski definition) is 7. The molecule has 0 spiro atoms. The molecule has 160 valence electrons. The molecule has 5 rings (SSSR count). The Morgan fingerprint density at radius 1 is 1.25 bits per heavy atom. The number of rotatable bonds is 4. The number of nitrogens with two attached hydrogens (primary N) is 1. The van der Waals surface area contributed by atoms with Gasteiger partial charge >= 0.3 is 0 Å². The van der Waals surface area contributed by atoms with Crippen LogP contribution in [-0.4, -0.2) is 35.9 Å². The lowest BCUT2D eigenvalue weighted by atomic mass is 9.86. The largest absolute Gasteiger partial charge is 0.383 e. The smallest absolute Gasteiger partial charge is 0.249 e. The number of pyridine rings is 3. The van der Waals surface area contributed by atoms with E-state index < -0.39 is 0 Å². The summed E-state index contributed by atoms with van der Waals surface area (Å²) in [6.07, 6.45) is 10.3. The number of carbonyl (C=O) groups is 1. The maximum atomic E-state index is 12.5. The summed E-state index contributed by atoms with van der Waals surface area (Å²) in [5.41, 5.74) is 10.8. The van der Waals surface area contributed by atoms with Crippen LogP contribution in [0.4, 0.5) is 11.6 Å². The van der Waals surface area contributed by atoms with Crippen molar-refractivity contribution in [3.63, 3.8) is 0 Å². The normalized spacial score (nSPS) is 15.4. The van der Waals surface area contributed by atoms with Crippen molar-refractivity contribution < 1.29 is 4.79 Å². The molecular weight excluding hydrogens is 404 g/mol. The molecule has 1 fully saturated rings. The van der Waals surface area contributed by atoms with Gasteiger partial charge in [-0.2, -0.15) is 0 Å². The van der Waals surface area contributed by atoms with Crippen molar-refractivity contribution in [2.45, 2.75) is 32.7 Å². The molecule has 0 aromatic carbocycles. The Hall–Kier alpha value is -4.14. The lowest BCUT2D eigenvalue weighted by molar-refractivity contribution is -0.112. The number of nitrogens with one attached hydrogen (secondary N) is 1. The van der Waals surface area contributed by atoms with Crippen molar-refractivity contribution >= 4 is 28.3 Å². The fraction of sp³-hybridized carbons (Fsp3) is 0.217. The molecule has 32 heavy (non-hydrogen) atoms. The van der Waals surface area contributed by atoms with E-state index in [1.807, 2.05) is 36.9 Å². The van der Waals surface area contributed by atoms with E-state index in [0.29, 0.717) is 11.6 Å². The summed E-state index contributed by atoms with van der Waals surface area (Å²) in [6.45, 7) is 3.91. The van der Waals surface area contributed by atoms with Crippen LogP contribution in [0, 0.1) is 13.8 Å². The Morgan fingerprint density at radius 3 is 2.84 bits per heavy atom. The Kier molecular flexibility index (Phi) is 4.85. The van der Waals surface area contributed by atoms with Crippen molar-refractivity contribution in [3.05, 3.63) is 65.9 Å². The highest BCUT2D eigenvalue weighted by Crippen LogP contribution is 2.36. The minimum Gasteiger partial charge on any atom is -0.383 e. The molecule has 0 bridgehead atoms. The molecule has 1 amide bonds. The van der Waals surface area contributed by atoms with Crippen molar-refractivity contribution in [2.75, 3.05) is 11.1 Å². The maximum absolute atomic E-state index is 12.5. The van der Waals surface area contributed by atoms with Crippen LogP contribution < -0.4 is 11.1 Å². The number of amides is 1. The molecule has 1 aliphatic rings. The summed E-state index contributed by atoms with van der Waals surface area (Å²) >= 11 is 0. The highest BCUT2D eigenvalue weighted by atomic mass is 16.1. The summed E-state index contributed by atoms with van der Waals surface area (Å²) in [4.78, 5) is 25.5. The summed E-state index contributed by atoms with van der Waals surface area (Å²) < 4.78 is 1.86. The molecule has 0 unspecified atom stereocenters. The second-order valence-corrected chi connectivity index (χ2v) is 8.07. The fourth-order valence-electron chi connectivity index (χ4n) is 3.85. The zero-order valence-corrected chi connectivity index (χ0v) is 17.8. The molecule has 9 heteroatoms. The predicted molar refractivity (Wildman–Crippen MR) is 122 cm³/mol. The third-order valence-corrected chi connectivity index (χ3v) is 5.64. The summed E-state index contributed by atoms with van der Waals surface area (Å²) in [7, 11) is 0. The first-order valence-electron chi connectivity index (χ1n) is 10.3. The zero-order valence-electron chi connectivity index (χ0n) is 17.8. The molecule has 3 N–H and O–H groups in total. The molecule has 1 aliphatic carbocycles. The second kappa shape index (κ2) is 7.84. The van der Waals surface area contributed by atoms with Crippen LogP contribution >= 0.6 is 0 Å². The highest BCUT2D eigenvalue weighted by Gasteiger charge is 2.26. The van der Waals surface area contributed by atoms with Gasteiger partial charge in [0.25, 0.3) is 0 Å². The van der Waals surface area contributed by atoms with Crippen molar-refractivity contribution in [1.29, 1.82) is 0 Å². The Labute approximate surface area is 184 Å². The van der Waals surface area contributed by atoms with Gasteiger partial charge < -0.3 is 11.1 Å². The molecule has 1 saturated carbocycles. The molecular formula is C23H22N8O. The first-order chi connectivity index (χ1) is 15.5. The van der Waals surface area contributed by atoms with E-state index in [1.54, 1.807) is 30.7 Å². The van der Waals surface area contributed by atoms with Crippen LogP contribution in [0.1, 0.15) is 30.1 Å². The van der Waals surface area contributed by atoms with Gasteiger partial charge in [0.15, 0.2) is 0 Å². The monoisotopic (exact) mass is 426 g/mol. The highest BCUT2D eigenvalue weighted by molar-refractivity contribution is 6.01. The van der Waals surface area contributed by atoms with Crippen LogP contribution in [0.3, 0.4) is 0 Å². The number of anilines is 2. The van der Waals surface area contributed by atoms with E-state index in [4.69, 9.17) is 5.73 Å². The van der Waals surface area contributed by atoms with E-state index in [2.05, 4.69) is 30.6 Å². The molecule has 0 atom stereocenters. The standard InChI is InChI=1S/C23H22N8O/c1-13-3-4-25-10-18(13)20-8-16-9-21(26-11-19(16)23(24)27-20)28-22(32)7-15-5-17(6-15)31-12-14(2)29-30-31/h3-4,7-12,17H,5-6H2,1-2H3,(H2,24,27)(H,26,28,32). The molecule has 0 saturated heterocycles. The van der Waals surface area contributed by atoms with Crippen LogP contribution in [0.2, 0.25) is 0 Å². The SMILES string of the molecule is Cc1cn(C2CC(=CC(=O)Nc3cc4cc(-c5cnccc5C)nc(N)c4cn3)C2)nn1. The second-order valence-electron chi connectivity index (χ2n) is 8.07. The lowest BCUT2D eigenvalue weighted by Gasteiger charge is -2.28. The van der Waals surface area contributed by atoms with Crippen molar-refractivity contribution in [2.24, 2.45) is 0 Å². The van der Waals surface area contributed by atoms with Gasteiger partial charge in [0.2, 0.25) is 5.91 Å². The number of aryl methyl sites for hydroxylation is 2. The van der Waals surface area contributed by atoms with Gasteiger partial charge in [-0.05, 0) is 55.8 Å². The number of carbonyl (C=O) groups excluding carboxylic acids is 1. The molecule has 0 aliphatic heterocycles. The van der Waals surface area contributed by atoms with Gasteiger partial charge in [0.1, 0.15) is 11.6 Å². The number of nitrogens with zero attached hydrogens (tertiary/aromatic N) is 6. The number of nitrogen functional groups attached to an aromatic ring is 1. The van der Waals surface area contributed by atoms with Gasteiger partial charge in [0, 0.05) is 41.8 Å².